The van der Waals surface area contributed by atoms with Crippen LogP contribution in [0.15, 0.2) is 6.07 Å². The van der Waals surface area contributed by atoms with Crippen LogP contribution in [0, 0.1) is 0 Å². The average molecular weight is 251 g/mol. The summed E-state index contributed by atoms with van der Waals surface area (Å²) in [7, 11) is 4.98. The Morgan fingerprint density at radius 1 is 1.17 bits per heavy atom. The minimum atomic E-state index is 0.323. The van der Waals surface area contributed by atoms with Crippen LogP contribution in [0.25, 0.3) is 0 Å². The molecule has 1 atom stereocenters. The monoisotopic (exact) mass is 251 g/mol. The molecule has 2 rings (SSSR count). The number of rotatable bonds is 4. The van der Waals surface area contributed by atoms with E-state index in [9.17, 15) is 0 Å². The molecule has 100 valence electrons. The molecular formula is C14H21NO3. The van der Waals surface area contributed by atoms with Crippen LogP contribution < -0.4 is 19.5 Å². The van der Waals surface area contributed by atoms with Gasteiger partial charge in [-0.3, -0.25) is 0 Å². The van der Waals surface area contributed by atoms with Crippen LogP contribution in [-0.2, 0) is 6.42 Å². The number of fused-ring (bicyclic) bond motifs is 1. The van der Waals surface area contributed by atoms with E-state index in [0.29, 0.717) is 11.8 Å². The molecule has 1 unspecified atom stereocenters. The summed E-state index contributed by atoms with van der Waals surface area (Å²) in [6.07, 6.45) is 2.02. The maximum atomic E-state index is 5.56. The van der Waals surface area contributed by atoms with Gasteiger partial charge in [0.15, 0.2) is 11.5 Å². The molecule has 0 radical (unpaired) electrons. The SMILES string of the molecule is CCC1NCCc2cc(OC)c(OC)c(OC)c21. The molecular weight excluding hydrogens is 230 g/mol. The van der Waals surface area contributed by atoms with E-state index in [0.717, 1.165) is 30.9 Å². The van der Waals surface area contributed by atoms with Gasteiger partial charge in [0.25, 0.3) is 0 Å². The van der Waals surface area contributed by atoms with Crippen molar-refractivity contribution in [2.45, 2.75) is 25.8 Å². The predicted molar refractivity (Wildman–Crippen MR) is 70.8 cm³/mol. The number of methoxy groups -OCH3 is 3. The summed E-state index contributed by atoms with van der Waals surface area (Å²) in [5.41, 5.74) is 2.50. The fraction of sp³-hybridized carbons (Fsp3) is 0.571. The maximum absolute atomic E-state index is 5.56. The second kappa shape index (κ2) is 5.48. The molecule has 1 aromatic rings. The Balaban J connectivity index is 2.63. The highest BCUT2D eigenvalue weighted by molar-refractivity contribution is 5.60. The number of ether oxygens (including phenoxy) is 3. The van der Waals surface area contributed by atoms with Crippen molar-refractivity contribution < 1.29 is 14.2 Å². The molecule has 1 aliphatic heterocycles. The molecule has 0 spiro atoms. The van der Waals surface area contributed by atoms with Crippen LogP contribution in [0.3, 0.4) is 0 Å². The number of hydrogen-bond acceptors (Lipinski definition) is 4. The highest BCUT2D eigenvalue weighted by Gasteiger charge is 2.27. The summed E-state index contributed by atoms with van der Waals surface area (Å²) in [5, 5.41) is 3.51. The molecule has 0 amide bonds. The van der Waals surface area contributed by atoms with Gasteiger partial charge in [-0.2, -0.15) is 0 Å². The summed E-state index contributed by atoms with van der Waals surface area (Å²) < 4.78 is 16.4. The largest absolute Gasteiger partial charge is 0.493 e. The zero-order chi connectivity index (χ0) is 13.1. The first-order valence-corrected chi connectivity index (χ1v) is 6.31. The fourth-order valence-corrected chi connectivity index (χ4v) is 2.65. The molecule has 0 saturated carbocycles. The van der Waals surface area contributed by atoms with Crippen molar-refractivity contribution in [3.8, 4) is 17.2 Å². The zero-order valence-corrected chi connectivity index (χ0v) is 11.5. The van der Waals surface area contributed by atoms with Crippen LogP contribution in [0.1, 0.15) is 30.5 Å². The quantitative estimate of drug-likeness (QED) is 0.891. The molecule has 1 N–H and O–H groups in total. The normalized spacial score (nSPS) is 18.1. The standard InChI is InChI=1S/C14H21NO3/c1-5-10-12-9(6-7-15-10)8-11(16-2)13(17-3)14(12)18-4/h8,10,15H,5-7H2,1-4H3. The third-order valence-corrected chi connectivity index (χ3v) is 3.50. The molecule has 18 heavy (non-hydrogen) atoms. The Hall–Kier alpha value is -1.42. The molecule has 1 aliphatic rings. The Kier molecular flexibility index (Phi) is 3.97. The van der Waals surface area contributed by atoms with Gasteiger partial charge in [-0.15, -0.1) is 0 Å². The van der Waals surface area contributed by atoms with Gasteiger partial charge in [0.2, 0.25) is 5.75 Å². The van der Waals surface area contributed by atoms with Gasteiger partial charge < -0.3 is 19.5 Å². The highest BCUT2D eigenvalue weighted by atomic mass is 16.5. The van der Waals surface area contributed by atoms with E-state index in [1.807, 2.05) is 0 Å². The van der Waals surface area contributed by atoms with Gasteiger partial charge in [-0.05, 0) is 31.0 Å². The lowest BCUT2D eigenvalue weighted by molar-refractivity contribution is 0.315. The lowest BCUT2D eigenvalue weighted by Crippen LogP contribution is -2.30. The van der Waals surface area contributed by atoms with Crippen molar-refractivity contribution in [1.82, 2.24) is 5.32 Å². The molecule has 0 aromatic heterocycles. The smallest absolute Gasteiger partial charge is 0.203 e. The maximum Gasteiger partial charge on any atom is 0.203 e. The van der Waals surface area contributed by atoms with Gasteiger partial charge >= 0.3 is 0 Å². The van der Waals surface area contributed by atoms with Crippen molar-refractivity contribution in [3.63, 3.8) is 0 Å². The molecule has 0 bridgehead atoms. The second-order valence-electron chi connectivity index (χ2n) is 4.38. The Labute approximate surface area is 108 Å². The first-order valence-electron chi connectivity index (χ1n) is 6.31. The lowest BCUT2D eigenvalue weighted by atomic mass is 9.91. The Morgan fingerprint density at radius 3 is 2.44 bits per heavy atom. The first-order chi connectivity index (χ1) is 8.76. The summed E-state index contributed by atoms with van der Waals surface area (Å²) >= 11 is 0. The van der Waals surface area contributed by atoms with Gasteiger partial charge in [0, 0.05) is 11.6 Å². The van der Waals surface area contributed by atoms with Gasteiger partial charge in [-0.1, -0.05) is 6.92 Å². The van der Waals surface area contributed by atoms with Crippen molar-refractivity contribution in [1.29, 1.82) is 0 Å². The highest BCUT2D eigenvalue weighted by Crippen LogP contribution is 2.46. The van der Waals surface area contributed by atoms with E-state index in [1.165, 1.54) is 11.1 Å². The number of hydrogen-bond donors (Lipinski definition) is 1. The molecule has 0 saturated heterocycles. The third-order valence-electron chi connectivity index (χ3n) is 3.50. The Morgan fingerprint density at radius 2 is 1.89 bits per heavy atom. The second-order valence-corrected chi connectivity index (χ2v) is 4.38. The van der Waals surface area contributed by atoms with E-state index in [-0.39, 0.29) is 0 Å². The van der Waals surface area contributed by atoms with E-state index in [4.69, 9.17) is 14.2 Å². The third kappa shape index (κ3) is 2.01. The van der Waals surface area contributed by atoms with Gasteiger partial charge in [0.1, 0.15) is 0 Å². The molecule has 4 nitrogen and oxygen atoms in total. The first kappa shape index (κ1) is 13.0. The number of benzene rings is 1. The van der Waals surface area contributed by atoms with Crippen molar-refractivity contribution in [3.05, 3.63) is 17.2 Å². The van der Waals surface area contributed by atoms with E-state index in [1.54, 1.807) is 21.3 Å². The van der Waals surface area contributed by atoms with Crippen LogP contribution in [0.4, 0.5) is 0 Å². The van der Waals surface area contributed by atoms with Crippen LogP contribution >= 0.6 is 0 Å². The molecule has 0 fully saturated rings. The van der Waals surface area contributed by atoms with Crippen molar-refractivity contribution in [2.75, 3.05) is 27.9 Å². The summed E-state index contributed by atoms with van der Waals surface area (Å²) in [6.45, 7) is 3.16. The summed E-state index contributed by atoms with van der Waals surface area (Å²) in [5.74, 6) is 2.22. The summed E-state index contributed by atoms with van der Waals surface area (Å²) in [6, 6.07) is 2.39. The number of nitrogens with one attached hydrogen (secondary N) is 1. The minimum Gasteiger partial charge on any atom is -0.493 e. The van der Waals surface area contributed by atoms with Crippen LogP contribution in [-0.4, -0.2) is 27.9 Å². The van der Waals surface area contributed by atoms with Crippen LogP contribution in [0.5, 0.6) is 17.2 Å². The fourth-order valence-electron chi connectivity index (χ4n) is 2.65. The van der Waals surface area contributed by atoms with Crippen molar-refractivity contribution >= 4 is 0 Å². The lowest BCUT2D eigenvalue weighted by Gasteiger charge is -2.29. The Bertz CT molecular complexity index is 432. The molecule has 1 heterocycles. The molecule has 0 aliphatic carbocycles. The van der Waals surface area contributed by atoms with Crippen LogP contribution in [0.2, 0.25) is 0 Å². The molecule has 4 heteroatoms. The van der Waals surface area contributed by atoms with E-state index < -0.39 is 0 Å². The predicted octanol–water partition coefficient (Wildman–Crippen LogP) is 2.31. The minimum absolute atomic E-state index is 0.323. The van der Waals surface area contributed by atoms with E-state index >= 15 is 0 Å². The zero-order valence-electron chi connectivity index (χ0n) is 11.5. The summed E-state index contributed by atoms with van der Waals surface area (Å²) in [4.78, 5) is 0. The van der Waals surface area contributed by atoms with E-state index in [2.05, 4.69) is 18.3 Å². The van der Waals surface area contributed by atoms with Gasteiger partial charge in [0.05, 0.1) is 21.3 Å². The van der Waals surface area contributed by atoms with Crippen molar-refractivity contribution in [2.24, 2.45) is 0 Å². The topological polar surface area (TPSA) is 39.7 Å². The average Bonchev–Trinajstić information content (AvgIpc) is 2.43. The van der Waals surface area contributed by atoms with Gasteiger partial charge in [-0.25, -0.2) is 0 Å². The molecule has 1 aromatic carbocycles.